The lowest BCUT2D eigenvalue weighted by Crippen LogP contribution is -2.52. The first-order chi connectivity index (χ1) is 11.0. The zero-order valence-electron chi connectivity index (χ0n) is 13.6. The number of hydrogen-bond acceptors (Lipinski definition) is 5. The fourth-order valence-electron chi connectivity index (χ4n) is 2.58. The molecule has 2 amide bonds. The van der Waals surface area contributed by atoms with E-state index >= 15 is 0 Å². The lowest BCUT2D eigenvalue weighted by molar-refractivity contribution is -0.141. The fourth-order valence-corrected chi connectivity index (χ4v) is 2.58. The second-order valence-electron chi connectivity index (χ2n) is 6.22. The van der Waals surface area contributed by atoms with Gasteiger partial charge >= 0.3 is 0 Å². The molecule has 3 rings (SSSR count). The second-order valence-corrected chi connectivity index (χ2v) is 6.22. The zero-order chi connectivity index (χ0) is 16.4. The fraction of sp³-hybridized carbons (Fsp3) is 0.625. The molecule has 0 spiro atoms. The van der Waals surface area contributed by atoms with Crippen LogP contribution in [0.1, 0.15) is 24.1 Å². The molecule has 0 atom stereocenters. The summed E-state index contributed by atoms with van der Waals surface area (Å²) >= 11 is 0. The van der Waals surface area contributed by atoms with Crippen LogP contribution in [0.25, 0.3) is 0 Å². The van der Waals surface area contributed by atoms with E-state index in [1.165, 1.54) is 0 Å². The van der Waals surface area contributed by atoms with Crippen molar-refractivity contribution in [1.29, 1.82) is 0 Å². The SMILES string of the molecule is Cc1cc(OCC(=O)N2CCN(C(=O)C3CC3)CC2)nnc1C. The van der Waals surface area contributed by atoms with Gasteiger partial charge in [-0.15, -0.1) is 5.10 Å². The Bertz CT molecular complexity index is 607. The van der Waals surface area contributed by atoms with E-state index in [9.17, 15) is 9.59 Å². The Morgan fingerprint density at radius 1 is 1.13 bits per heavy atom. The monoisotopic (exact) mass is 318 g/mol. The summed E-state index contributed by atoms with van der Waals surface area (Å²) in [6.45, 7) is 6.12. The molecule has 23 heavy (non-hydrogen) atoms. The molecular formula is C16H22N4O3. The van der Waals surface area contributed by atoms with E-state index in [1.54, 1.807) is 11.0 Å². The van der Waals surface area contributed by atoms with Crippen LogP contribution in [-0.2, 0) is 9.59 Å². The number of carbonyl (C=O) groups excluding carboxylic acids is 2. The Labute approximate surface area is 135 Å². The van der Waals surface area contributed by atoms with Crippen LogP contribution in [0.5, 0.6) is 5.88 Å². The van der Waals surface area contributed by atoms with Crippen LogP contribution in [0, 0.1) is 19.8 Å². The third kappa shape index (κ3) is 3.78. The number of rotatable bonds is 4. The van der Waals surface area contributed by atoms with Gasteiger partial charge in [0.2, 0.25) is 11.8 Å². The van der Waals surface area contributed by atoms with Gasteiger partial charge in [0.15, 0.2) is 6.61 Å². The van der Waals surface area contributed by atoms with Crippen LogP contribution in [-0.4, -0.2) is 64.6 Å². The molecule has 0 unspecified atom stereocenters. The molecule has 2 heterocycles. The summed E-state index contributed by atoms with van der Waals surface area (Å²) in [6.07, 6.45) is 2.03. The molecule has 0 radical (unpaired) electrons. The summed E-state index contributed by atoms with van der Waals surface area (Å²) in [5.74, 6) is 0.773. The summed E-state index contributed by atoms with van der Waals surface area (Å²) in [7, 11) is 0. The quantitative estimate of drug-likeness (QED) is 0.810. The van der Waals surface area contributed by atoms with Crippen molar-refractivity contribution in [3.05, 3.63) is 17.3 Å². The van der Waals surface area contributed by atoms with Gasteiger partial charge in [0, 0.05) is 38.2 Å². The number of hydrogen-bond donors (Lipinski definition) is 0. The summed E-state index contributed by atoms with van der Waals surface area (Å²) in [5, 5.41) is 7.90. The molecule has 124 valence electrons. The predicted octanol–water partition coefficient (Wildman–Crippen LogP) is 0.553. The van der Waals surface area contributed by atoms with E-state index in [0.717, 1.165) is 24.1 Å². The van der Waals surface area contributed by atoms with Gasteiger partial charge in [-0.1, -0.05) is 0 Å². The van der Waals surface area contributed by atoms with Crippen molar-refractivity contribution >= 4 is 11.8 Å². The van der Waals surface area contributed by atoms with Crippen LogP contribution >= 0.6 is 0 Å². The third-order valence-corrected chi connectivity index (χ3v) is 4.42. The van der Waals surface area contributed by atoms with Crippen molar-refractivity contribution in [3.8, 4) is 5.88 Å². The van der Waals surface area contributed by atoms with Crippen molar-refractivity contribution in [2.45, 2.75) is 26.7 Å². The minimum Gasteiger partial charge on any atom is -0.466 e. The molecule has 1 saturated heterocycles. The molecule has 1 aliphatic carbocycles. The Balaban J connectivity index is 1.45. The van der Waals surface area contributed by atoms with Crippen molar-refractivity contribution in [2.24, 2.45) is 5.92 Å². The molecule has 0 aromatic carbocycles. The second kappa shape index (κ2) is 6.52. The highest BCUT2D eigenvalue weighted by atomic mass is 16.5. The maximum atomic E-state index is 12.2. The number of aromatic nitrogens is 2. The Kier molecular flexibility index (Phi) is 4.45. The molecule has 2 fully saturated rings. The van der Waals surface area contributed by atoms with E-state index in [4.69, 9.17) is 4.74 Å². The zero-order valence-corrected chi connectivity index (χ0v) is 13.6. The largest absolute Gasteiger partial charge is 0.466 e. The van der Waals surface area contributed by atoms with Gasteiger partial charge in [0.05, 0.1) is 5.69 Å². The van der Waals surface area contributed by atoms with Gasteiger partial charge in [-0.3, -0.25) is 9.59 Å². The van der Waals surface area contributed by atoms with Gasteiger partial charge < -0.3 is 14.5 Å². The van der Waals surface area contributed by atoms with Gasteiger partial charge in [0.25, 0.3) is 5.91 Å². The number of carbonyl (C=O) groups is 2. The highest BCUT2D eigenvalue weighted by molar-refractivity contribution is 5.82. The average Bonchev–Trinajstić information content (AvgIpc) is 3.40. The molecule has 1 aromatic rings. The van der Waals surface area contributed by atoms with E-state index in [0.29, 0.717) is 32.1 Å². The van der Waals surface area contributed by atoms with E-state index in [2.05, 4.69) is 10.2 Å². The van der Waals surface area contributed by atoms with Crippen molar-refractivity contribution in [2.75, 3.05) is 32.8 Å². The lowest BCUT2D eigenvalue weighted by Gasteiger charge is -2.34. The minimum absolute atomic E-state index is 0.0479. The van der Waals surface area contributed by atoms with Crippen molar-refractivity contribution in [3.63, 3.8) is 0 Å². The minimum atomic E-state index is -0.0800. The van der Waals surface area contributed by atoms with Crippen LogP contribution in [0.4, 0.5) is 0 Å². The highest BCUT2D eigenvalue weighted by Gasteiger charge is 2.35. The van der Waals surface area contributed by atoms with E-state index in [1.807, 2.05) is 18.7 Å². The molecule has 0 N–H and O–H groups in total. The summed E-state index contributed by atoms with van der Waals surface area (Å²) < 4.78 is 5.43. The molecule has 1 aromatic heterocycles. The third-order valence-electron chi connectivity index (χ3n) is 4.42. The summed E-state index contributed by atoms with van der Waals surface area (Å²) in [4.78, 5) is 27.8. The van der Waals surface area contributed by atoms with E-state index in [-0.39, 0.29) is 24.3 Å². The van der Waals surface area contributed by atoms with Crippen LogP contribution in [0.2, 0.25) is 0 Å². The number of nitrogens with zero attached hydrogens (tertiary/aromatic N) is 4. The molecule has 2 aliphatic rings. The number of ether oxygens (including phenoxy) is 1. The average molecular weight is 318 g/mol. The van der Waals surface area contributed by atoms with Gasteiger partial charge in [-0.25, -0.2) is 0 Å². The van der Waals surface area contributed by atoms with Crippen molar-refractivity contribution in [1.82, 2.24) is 20.0 Å². The Morgan fingerprint density at radius 2 is 1.78 bits per heavy atom. The van der Waals surface area contributed by atoms with Crippen LogP contribution in [0.15, 0.2) is 6.07 Å². The standard InChI is InChI=1S/C16H22N4O3/c1-11-9-14(18-17-12(11)2)23-10-15(21)19-5-7-20(8-6-19)16(22)13-3-4-13/h9,13H,3-8,10H2,1-2H3. The van der Waals surface area contributed by atoms with Gasteiger partial charge in [-0.2, -0.15) is 5.10 Å². The molecule has 0 bridgehead atoms. The lowest BCUT2D eigenvalue weighted by atomic mass is 10.2. The molecule has 7 heteroatoms. The predicted molar refractivity (Wildman–Crippen MR) is 82.9 cm³/mol. The first-order valence-corrected chi connectivity index (χ1v) is 8.05. The van der Waals surface area contributed by atoms with Crippen LogP contribution in [0.3, 0.4) is 0 Å². The Hall–Kier alpha value is -2.18. The van der Waals surface area contributed by atoms with Gasteiger partial charge in [0.1, 0.15) is 0 Å². The topological polar surface area (TPSA) is 75.6 Å². The summed E-state index contributed by atoms with van der Waals surface area (Å²) in [6, 6.07) is 1.78. The smallest absolute Gasteiger partial charge is 0.260 e. The highest BCUT2D eigenvalue weighted by Crippen LogP contribution is 2.31. The van der Waals surface area contributed by atoms with E-state index < -0.39 is 0 Å². The summed E-state index contributed by atoms with van der Waals surface area (Å²) in [5.41, 5.74) is 1.83. The maximum absolute atomic E-state index is 12.2. The first kappa shape index (κ1) is 15.7. The number of amides is 2. The molecular weight excluding hydrogens is 296 g/mol. The first-order valence-electron chi connectivity index (χ1n) is 8.05. The Morgan fingerprint density at radius 3 is 2.39 bits per heavy atom. The number of piperazine rings is 1. The maximum Gasteiger partial charge on any atom is 0.260 e. The molecule has 1 saturated carbocycles. The normalized spacial score (nSPS) is 18.0. The van der Waals surface area contributed by atoms with Crippen molar-refractivity contribution < 1.29 is 14.3 Å². The molecule has 1 aliphatic heterocycles. The van der Waals surface area contributed by atoms with Gasteiger partial charge in [-0.05, 0) is 32.3 Å². The van der Waals surface area contributed by atoms with Crippen LogP contribution < -0.4 is 4.74 Å². The molecule has 7 nitrogen and oxygen atoms in total. The number of aryl methyl sites for hydroxylation is 2.